The summed E-state index contributed by atoms with van der Waals surface area (Å²) >= 11 is 0. The normalized spacial score (nSPS) is 12.5. The molecule has 1 N–H and O–H groups in total. The average Bonchev–Trinajstić information content (AvgIpc) is 3.02. The van der Waals surface area contributed by atoms with E-state index in [4.69, 9.17) is 0 Å². The maximum absolute atomic E-state index is 12.4. The lowest BCUT2D eigenvalue weighted by atomic mass is 10.0. The van der Waals surface area contributed by atoms with Crippen LogP contribution in [-0.4, -0.2) is 5.91 Å². The zero-order valence-corrected chi connectivity index (χ0v) is 13.9. The van der Waals surface area contributed by atoms with E-state index in [1.807, 2.05) is 0 Å². The van der Waals surface area contributed by atoms with Gasteiger partial charge < -0.3 is 5.32 Å². The number of nitrogens with one attached hydrogen (secondary N) is 1. The van der Waals surface area contributed by atoms with Gasteiger partial charge in [0.05, 0.1) is 0 Å². The molecule has 0 aromatic heterocycles. The SMILES string of the molecule is Cc1ccc(CCC(=O)Nc2ccc3c4c(cccc24)CC3)cc1. The van der Waals surface area contributed by atoms with E-state index >= 15 is 0 Å². The molecule has 3 aromatic carbocycles. The number of hydrogen-bond acceptors (Lipinski definition) is 1. The Morgan fingerprint density at radius 2 is 1.71 bits per heavy atom. The zero-order valence-electron chi connectivity index (χ0n) is 13.9. The van der Waals surface area contributed by atoms with Crippen LogP contribution in [0.3, 0.4) is 0 Å². The number of carbonyl (C=O) groups is 1. The number of hydrogen-bond donors (Lipinski definition) is 1. The third kappa shape index (κ3) is 2.80. The number of amides is 1. The fraction of sp³-hybridized carbons (Fsp3) is 0.227. The Morgan fingerprint density at radius 1 is 0.958 bits per heavy atom. The molecule has 24 heavy (non-hydrogen) atoms. The van der Waals surface area contributed by atoms with Crippen molar-refractivity contribution in [3.8, 4) is 0 Å². The highest BCUT2D eigenvalue weighted by atomic mass is 16.1. The second-order valence-electron chi connectivity index (χ2n) is 6.65. The fourth-order valence-corrected chi connectivity index (χ4v) is 3.58. The van der Waals surface area contributed by atoms with Crippen molar-refractivity contribution in [1.82, 2.24) is 0 Å². The number of aryl methyl sites for hydroxylation is 4. The summed E-state index contributed by atoms with van der Waals surface area (Å²) in [5.41, 5.74) is 6.19. The Hall–Kier alpha value is -2.61. The third-order valence-electron chi connectivity index (χ3n) is 4.91. The molecule has 0 saturated heterocycles. The van der Waals surface area contributed by atoms with Gasteiger partial charge in [0.25, 0.3) is 0 Å². The van der Waals surface area contributed by atoms with Crippen LogP contribution in [0.15, 0.2) is 54.6 Å². The molecule has 3 aromatic rings. The number of rotatable bonds is 4. The largest absolute Gasteiger partial charge is 0.326 e. The van der Waals surface area contributed by atoms with E-state index in [-0.39, 0.29) is 5.91 Å². The monoisotopic (exact) mass is 315 g/mol. The van der Waals surface area contributed by atoms with Gasteiger partial charge in [-0.1, -0.05) is 54.1 Å². The molecule has 1 aliphatic carbocycles. The number of carbonyl (C=O) groups excluding carboxylic acids is 1. The summed E-state index contributed by atoms with van der Waals surface area (Å²) in [6, 6.07) is 19.0. The van der Waals surface area contributed by atoms with E-state index in [0.29, 0.717) is 6.42 Å². The van der Waals surface area contributed by atoms with Crippen LogP contribution >= 0.6 is 0 Å². The molecule has 0 bridgehead atoms. The minimum Gasteiger partial charge on any atom is -0.326 e. The Morgan fingerprint density at radius 3 is 2.50 bits per heavy atom. The van der Waals surface area contributed by atoms with E-state index in [1.165, 1.54) is 33.0 Å². The highest BCUT2D eigenvalue weighted by Gasteiger charge is 2.16. The Balaban J connectivity index is 1.50. The maximum Gasteiger partial charge on any atom is 0.224 e. The molecule has 2 heteroatoms. The summed E-state index contributed by atoms with van der Waals surface area (Å²) in [6.07, 6.45) is 3.49. The molecular formula is C22H21NO. The zero-order chi connectivity index (χ0) is 16.5. The van der Waals surface area contributed by atoms with Crippen molar-refractivity contribution < 1.29 is 4.79 Å². The first-order valence-corrected chi connectivity index (χ1v) is 8.59. The molecule has 0 unspecified atom stereocenters. The van der Waals surface area contributed by atoms with Crippen LogP contribution in [0.2, 0.25) is 0 Å². The highest BCUT2D eigenvalue weighted by molar-refractivity contribution is 6.05. The van der Waals surface area contributed by atoms with Gasteiger partial charge in [0.1, 0.15) is 0 Å². The molecule has 0 saturated carbocycles. The predicted molar refractivity (Wildman–Crippen MR) is 99.5 cm³/mol. The quantitative estimate of drug-likeness (QED) is 0.735. The van der Waals surface area contributed by atoms with Crippen LogP contribution in [-0.2, 0) is 24.1 Å². The smallest absolute Gasteiger partial charge is 0.224 e. The van der Waals surface area contributed by atoms with Crippen LogP contribution < -0.4 is 5.32 Å². The first-order chi connectivity index (χ1) is 11.7. The molecule has 0 atom stereocenters. The van der Waals surface area contributed by atoms with Crippen molar-refractivity contribution in [3.63, 3.8) is 0 Å². The van der Waals surface area contributed by atoms with Gasteiger partial charge in [-0.2, -0.15) is 0 Å². The molecule has 0 fully saturated rings. The second kappa shape index (κ2) is 6.12. The van der Waals surface area contributed by atoms with Crippen molar-refractivity contribution in [1.29, 1.82) is 0 Å². The van der Waals surface area contributed by atoms with Gasteiger partial charge in [0.2, 0.25) is 5.91 Å². The lowest BCUT2D eigenvalue weighted by Gasteiger charge is -2.11. The highest BCUT2D eigenvalue weighted by Crippen LogP contribution is 2.35. The van der Waals surface area contributed by atoms with E-state index in [1.54, 1.807) is 0 Å². The van der Waals surface area contributed by atoms with E-state index in [0.717, 1.165) is 24.9 Å². The molecule has 1 aliphatic rings. The van der Waals surface area contributed by atoms with Crippen molar-refractivity contribution in [2.24, 2.45) is 0 Å². The van der Waals surface area contributed by atoms with Crippen LogP contribution in [0.4, 0.5) is 5.69 Å². The number of benzene rings is 3. The van der Waals surface area contributed by atoms with Gasteiger partial charge in [-0.15, -0.1) is 0 Å². The standard InChI is InChI=1S/C22H21NO/c1-15-5-7-16(8-6-15)9-14-21(24)23-20-13-12-18-11-10-17-3-2-4-19(20)22(17)18/h2-8,12-13H,9-11,14H2,1H3,(H,23,24). The molecule has 0 aliphatic heterocycles. The summed E-state index contributed by atoms with van der Waals surface area (Å²) in [4.78, 5) is 12.4. The van der Waals surface area contributed by atoms with Crippen molar-refractivity contribution in [2.75, 3.05) is 5.32 Å². The van der Waals surface area contributed by atoms with Crippen molar-refractivity contribution in [2.45, 2.75) is 32.6 Å². The van der Waals surface area contributed by atoms with Gasteiger partial charge in [-0.25, -0.2) is 0 Å². The average molecular weight is 315 g/mol. The van der Waals surface area contributed by atoms with E-state index < -0.39 is 0 Å². The molecule has 120 valence electrons. The van der Waals surface area contributed by atoms with Gasteiger partial charge >= 0.3 is 0 Å². The van der Waals surface area contributed by atoms with Gasteiger partial charge in [0, 0.05) is 17.5 Å². The van der Waals surface area contributed by atoms with Crippen LogP contribution in [0.5, 0.6) is 0 Å². The summed E-state index contributed by atoms with van der Waals surface area (Å²) in [6.45, 7) is 2.08. The molecule has 2 nitrogen and oxygen atoms in total. The summed E-state index contributed by atoms with van der Waals surface area (Å²) in [7, 11) is 0. The fourth-order valence-electron chi connectivity index (χ4n) is 3.58. The molecule has 4 rings (SSSR count). The summed E-state index contributed by atoms with van der Waals surface area (Å²) in [5.74, 6) is 0.0780. The minimum absolute atomic E-state index is 0.0780. The van der Waals surface area contributed by atoms with E-state index in [9.17, 15) is 4.79 Å². The Bertz CT molecular complexity index is 899. The first-order valence-electron chi connectivity index (χ1n) is 8.59. The predicted octanol–water partition coefficient (Wildman–Crippen LogP) is 4.82. The summed E-state index contributed by atoms with van der Waals surface area (Å²) < 4.78 is 0. The minimum atomic E-state index is 0.0780. The topological polar surface area (TPSA) is 29.1 Å². The Labute approximate surface area is 142 Å². The number of anilines is 1. The molecule has 0 radical (unpaired) electrons. The molecule has 1 amide bonds. The third-order valence-corrected chi connectivity index (χ3v) is 4.91. The van der Waals surface area contributed by atoms with Crippen LogP contribution in [0.1, 0.15) is 28.7 Å². The van der Waals surface area contributed by atoms with Crippen molar-refractivity contribution >= 4 is 22.4 Å². The lowest BCUT2D eigenvalue weighted by Crippen LogP contribution is -2.12. The van der Waals surface area contributed by atoms with Gasteiger partial charge in [-0.05, 0) is 54.3 Å². The summed E-state index contributed by atoms with van der Waals surface area (Å²) in [5, 5.41) is 5.62. The van der Waals surface area contributed by atoms with E-state index in [2.05, 4.69) is 66.8 Å². The first kappa shape index (κ1) is 14.9. The maximum atomic E-state index is 12.4. The lowest BCUT2D eigenvalue weighted by molar-refractivity contribution is -0.116. The molecule has 0 spiro atoms. The molecule has 0 heterocycles. The van der Waals surface area contributed by atoms with Crippen LogP contribution in [0, 0.1) is 6.92 Å². The van der Waals surface area contributed by atoms with Crippen molar-refractivity contribution in [3.05, 3.63) is 76.9 Å². The van der Waals surface area contributed by atoms with Gasteiger partial charge in [-0.3, -0.25) is 4.79 Å². The molecular weight excluding hydrogens is 294 g/mol. The Kier molecular flexibility index (Phi) is 3.81. The van der Waals surface area contributed by atoms with Crippen LogP contribution in [0.25, 0.3) is 10.8 Å². The second-order valence-corrected chi connectivity index (χ2v) is 6.65. The van der Waals surface area contributed by atoms with Gasteiger partial charge in [0.15, 0.2) is 0 Å².